The van der Waals surface area contributed by atoms with Crippen LogP contribution in [0, 0.1) is 0 Å². The number of aliphatic hydroxyl groups is 1. The molecule has 0 saturated carbocycles. The number of ether oxygens (including phenoxy) is 2. The van der Waals surface area contributed by atoms with Crippen molar-refractivity contribution in [2.75, 3.05) is 13.2 Å². The van der Waals surface area contributed by atoms with Gasteiger partial charge in [0.1, 0.15) is 6.61 Å². The van der Waals surface area contributed by atoms with Crippen molar-refractivity contribution in [3.05, 3.63) is 24.3 Å². The monoisotopic (exact) mass is 817 g/mol. The van der Waals surface area contributed by atoms with Crippen LogP contribution in [0.15, 0.2) is 24.3 Å². The fourth-order valence-electron chi connectivity index (χ4n) is 7.82. The van der Waals surface area contributed by atoms with E-state index in [2.05, 4.69) is 38.2 Å². The van der Waals surface area contributed by atoms with Crippen molar-refractivity contribution < 1.29 is 24.2 Å². The van der Waals surface area contributed by atoms with Gasteiger partial charge >= 0.3 is 11.9 Å². The minimum absolute atomic E-state index is 0.0621. The van der Waals surface area contributed by atoms with Crippen LogP contribution in [0.3, 0.4) is 0 Å². The van der Waals surface area contributed by atoms with Crippen molar-refractivity contribution in [1.82, 2.24) is 0 Å². The van der Waals surface area contributed by atoms with Gasteiger partial charge in [0.15, 0.2) is 6.10 Å². The molecule has 0 aliphatic heterocycles. The fourth-order valence-corrected chi connectivity index (χ4v) is 7.82. The van der Waals surface area contributed by atoms with Crippen LogP contribution in [-0.2, 0) is 19.1 Å². The van der Waals surface area contributed by atoms with Crippen molar-refractivity contribution in [3.63, 3.8) is 0 Å². The highest BCUT2D eigenvalue weighted by Crippen LogP contribution is 2.17. The summed E-state index contributed by atoms with van der Waals surface area (Å²) in [4.78, 5) is 24.5. The van der Waals surface area contributed by atoms with E-state index >= 15 is 0 Å². The molecule has 1 atom stereocenters. The topological polar surface area (TPSA) is 72.8 Å². The van der Waals surface area contributed by atoms with Gasteiger partial charge in [0.25, 0.3) is 0 Å². The lowest BCUT2D eigenvalue weighted by molar-refractivity contribution is -0.161. The number of allylic oxidation sites excluding steroid dienone is 4. The number of hydrogen-bond acceptors (Lipinski definition) is 5. The predicted octanol–water partition coefficient (Wildman–Crippen LogP) is 17.0. The third-order valence-corrected chi connectivity index (χ3v) is 11.7. The Morgan fingerprint density at radius 3 is 1.02 bits per heavy atom. The summed E-state index contributed by atoms with van der Waals surface area (Å²) in [6.45, 7) is 4.17. The zero-order chi connectivity index (χ0) is 42.1. The molecule has 0 spiro atoms. The summed E-state index contributed by atoms with van der Waals surface area (Å²) >= 11 is 0. The van der Waals surface area contributed by atoms with Crippen molar-refractivity contribution in [2.45, 2.75) is 290 Å². The van der Waals surface area contributed by atoms with E-state index in [-0.39, 0.29) is 25.2 Å². The highest BCUT2D eigenvalue weighted by atomic mass is 16.6. The van der Waals surface area contributed by atoms with E-state index in [9.17, 15) is 14.7 Å². The molecule has 5 nitrogen and oxygen atoms in total. The van der Waals surface area contributed by atoms with Crippen molar-refractivity contribution in [1.29, 1.82) is 0 Å². The Bertz CT molecular complexity index is 882. The first-order valence-corrected chi connectivity index (χ1v) is 25.9. The van der Waals surface area contributed by atoms with Gasteiger partial charge < -0.3 is 14.6 Å². The maximum Gasteiger partial charge on any atom is 0.306 e. The third kappa shape index (κ3) is 47.1. The Balaban J connectivity index is 3.46. The van der Waals surface area contributed by atoms with E-state index in [4.69, 9.17) is 9.47 Å². The van der Waals surface area contributed by atoms with Crippen LogP contribution in [0.25, 0.3) is 0 Å². The molecule has 0 radical (unpaired) electrons. The zero-order valence-electron chi connectivity index (χ0n) is 39.1. The summed E-state index contributed by atoms with van der Waals surface area (Å²) in [7, 11) is 0. The van der Waals surface area contributed by atoms with Gasteiger partial charge in [-0.2, -0.15) is 0 Å². The molecule has 0 amide bonds. The summed E-state index contributed by atoms with van der Waals surface area (Å²) in [5.41, 5.74) is 0. The summed E-state index contributed by atoms with van der Waals surface area (Å²) in [6, 6.07) is 0. The second-order valence-electron chi connectivity index (χ2n) is 17.6. The van der Waals surface area contributed by atoms with Gasteiger partial charge in [0, 0.05) is 12.8 Å². The quantitative estimate of drug-likeness (QED) is 0.0376. The Hall–Kier alpha value is -1.62. The van der Waals surface area contributed by atoms with E-state index in [0.29, 0.717) is 12.8 Å². The first kappa shape index (κ1) is 56.4. The summed E-state index contributed by atoms with van der Waals surface area (Å²) in [5.74, 6) is -0.579. The Labute approximate surface area is 362 Å². The number of carbonyl (C=O) groups excluding carboxylic acids is 2. The molecule has 0 saturated heterocycles. The van der Waals surface area contributed by atoms with Crippen molar-refractivity contribution in [3.8, 4) is 0 Å². The molecule has 0 aliphatic rings. The molecule has 0 fully saturated rings. The SMILES string of the molecule is CCCCCCC/C=C\C/C=C\CCCCCCCCCCCC(=O)OC(CO)COC(=O)CCCCCCCCCCCCCCCCCCCCCCCCC. The number of unbranched alkanes of at least 4 members (excludes halogenated alkanes) is 36. The molecule has 0 aromatic carbocycles. The lowest BCUT2D eigenvalue weighted by Gasteiger charge is -2.15. The molecule has 0 aromatic rings. The molecule has 1 N–H and O–H groups in total. The van der Waals surface area contributed by atoms with Crippen LogP contribution < -0.4 is 0 Å². The van der Waals surface area contributed by atoms with Crippen LogP contribution in [0.5, 0.6) is 0 Å². The predicted molar refractivity (Wildman–Crippen MR) is 251 cm³/mol. The molecular weight excluding hydrogens is 717 g/mol. The van der Waals surface area contributed by atoms with Gasteiger partial charge in [-0.15, -0.1) is 0 Å². The zero-order valence-corrected chi connectivity index (χ0v) is 39.1. The minimum atomic E-state index is -0.770. The van der Waals surface area contributed by atoms with Gasteiger partial charge in [-0.05, 0) is 44.9 Å². The largest absolute Gasteiger partial charge is 0.462 e. The molecule has 58 heavy (non-hydrogen) atoms. The summed E-state index contributed by atoms with van der Waals surface area (Å²) in [5, 5.41) is 9.63. The standard InChI is InChI=1S/C53H100O5/c1-3-5-7-9-11-13-15-17-19-21-23-25-26-28-29-31-33-35-37-39-41-43-45-47-52(55)57-50-51(49-54)58-53(56)48-46-44-42-40-38-36-34-32-30-27-24-22-20-18-16-14-12-10-8-6-4-2/h16,18,22,24,51,54H,3-15,17,19-21,23,25-50H2,1-2H3/b18-16-,24-22-. The Kier molecular flexibility index (Phi) is 48.4. The maximum absolute atomic E-state index is 12.3. The number of esters is 2. The third-order valence-electron chi connectivity index (χ3n) is 11.7. The first-order chi connectivity index (χ1) is 28.6. The molecular formula is C53H100O5. The van der Waals surface area contributed by atoms with Crippen LogP contribution in [0.2, 0.25) is 0 Å². The van der Waals surface area contributed by atoms with Gasteiger partial charge in [0.2, 0.25) is 0 Å². The van der Waals surface area contributed by atoms with Gasteiger partial charge in [0.05, 0.1) is 6.61 Å². The highest BCUT2D eigenvalue weighted by molar-refractivity contribution is 5.70. The van der Waals surface area contributed by atoms with Crippen LogP contribution in [0.1, 0.15) is 284 Å². The number of hydrogen-bond donors (Lipinski definition) is 1. The van der Waals surface area contributed by atoms with Crippen LogP contribution in [0.4, 0.5) is 0 Å². The molecule has 0 rings (SSSR count). The van der Waals surface area contributed by atoms with E-state index in [0.717, 1.165) is 38.5 Å². The molecule has 0 aliphatic carbocycles. The molecule has 1 unspecified atom stereocenters. The minimum Gasteiger partial charge on any atom is -0.462 e. The lowest BCUT2D eigenvalue weighted by atomic mass is 10.0. The number of carbonyl (C=O) groups is 2. The molecule has 342 valence electrons. The molecule has 0 aromatic heterocycles. The van der Waals surface area contributed by atoms with Crippen LogP contribution >= 0.6 is 0 Å². The average molecular weight is 817 g/mol. The van der Waals surface area contributed by atoms with Crippen LogP contribution in [-0.4, -0.2) is 36.4 Å². The number of aliphatic hydroxyl groups excluding tert-OH is 1. The second-order valence-corrected chi connectivity index (χ2v) is 17.6. The van der Waals surface area contributed by atoms with Gasteiger partial charge in [-0.25, -0.2) is 0 Å². The Morgan fingerprint density at radius 1 is 0.397 bits per heavy atom. The maximum atomic E-state index is 12.3. The smallest absolute Gasteiger partial charge is 0.306 e. The summed E-state index contributed by atoms with van der Waals surface area (Å²) < 4.78 is 10.7. The van der Waals surface area contributed by atoms with Gasteiger partial charge in [-0.3, -0.25) is 9.59 Å². The fraction of sp³-hybridized carbons (Fsp3) is 0.887. The van der Waals surface area contributed by atoms with E-state index < -0.39 is 6.10 Å². The Morgan fingerprint density at radius 2 is 0.690 bits per heavy atom. The lowest BCUT2D eigenvalue weighted by Crippen LogP contribution is -2.28. The summed E-state index contributed by atoms with van der Waals surface area (Å²) in [6.07, 6.45) is 61.3. The average Bonchev–Trinajstić information content (AvgIpc) is 3.23. The van der Waals surface area contributed by atoms with E-state index in [1.807, 2.05) is 0 Å². The van der Waals surface area contributed by atoms with Crippen molar-refractivity contribution in [2.24, 2.45) is 0 Å². The molecule has 0 bridgehead atoms. The normalized spacial score (nSPS) is 12.3. The second kappa shape index (κ2) is 49.7. The molecule has 0 heterocycles. The highest BCUT2D eigenvalue weighted by Gasteiger charge is 2.16. The first-order valence-electron chi connectivity index (χ1n) is 25.9. The van der Waals surface area contributed by atoms with E-state index in [1.54, 1.807) is 0 Å². The number of rotatable bonds is 48. The van der Waals surface area contributed by atoms with Gasteiger partial charge in [-0.1, -0.05) is 250 Å². The molecule has 5 heteroatoms. The van der Waals surface area contributed by atoms with Crippen molar-refractivity contribution >= 4 is 11.9 Å². The van der Waals surface area contributed by atoms with E-state index in [1.165, 1.54) is 218 Å².